The van der Waals surface area contributed by atoms with Crippen molar-refractivity contribution in [1.29, 1.82) is 0 Å². The Balaban J connectivity index is 1.61. The summed E-state index contributed by atoms with van der Waals surface area (Å²) in [5, 5.41) is 18.4. The molecule has 4 amide bonds. The van der Waals surface area contributed by atoms with Gasteiger partial charge in [0.25, 0.3) is 5.91 Å². The maximum absolute atomic E-state index is 13.4. The van der Waals surface area contributed by atoms with Gasteiger partial charge in [-0.3, -0.25) is 9.59 Å². The van der Waals surface area contributed by atoms with Gasteiger partial charge in [-0.05, 0) is 55.3 Å². The summed E-state index contributed by atoms with van der Waals surface area (Å²) < 4.78 is 4.88. The number of nitrogens with one attached hydrogen (secondary N) is 3. The van der Waals surface area contributed by atoms with Crippen molar-refractivity contribution in [2.45, 2.75) is 25.8 Å². The van der Waals surface area contributed by atoms with E-state index >= 15 is 0 Å². The maximum atomic E-state index is 13.4. The van der Waals surface area contributed by atoms with Crippen LogP contribution in [0.25, 0.3) is 0 Å². The molecule has 0 bridgehead atoms. The minimum absolute atomic E-state index is 0.232. The zero-order valence-corrected chi connectivity index (χ0v) is 24.7. The van der Waals surface area contributed by atoms with Gasteiger partial charge in [-0.2, -0.15) is 0 Å². The number of hydrogen-bond acceptors (Lipinski definition) is 6. The lowest BCUT2D eigenvalue weighted by molar-refractivity contribution is -0.137. The molecule has 0 spiro atoms. The Hall–Kier alpha value is -4.77. The lowest BCUT2D eigenvalue weighted by Crippen LogP contribution is -2.35. The quantitative estimate of drug-likeness (QED) is 0.264. The van der Waals surface area contributed by atoms with Crippen molar-refractivity contribution in [3.8, 4) is 0 Å². The van der Waals surface area contributed by atoms with Crippen molar-refractivity contribution in [3.63, 3.8) is 0 Å². The molecule has 1 aliphatic heterocycles. The fourth-order valence-electron chi connectivity index (χ4n) is 4.84. The van der Waals surface area contributed by atoms with Crippen LogP contribution in [0.4, 0.5) is 26.7 Å². The molecule has 11 nitrogen and oxygen atoms in total. The third kappa shape index (κ3) is 8.62. The maximum Gasteiger partial charge on any atom is 0.409 e. The zero-order valence-electron chi connectivity index (χ0n) is 23.9. The Morgan fingerprint density at radius 3 is 2.42 bits per heavy atom. The highest BCUT2D eigenvalue weighted by Gasteiger charge is 2.24. The molecule has 1 atom stereocenters. The third-order valence-electron chi connectivity index (χ3n) is 7.02. The van der Waals surface area contributed by atoms with Crippen molar-refractivity contribution >= 4 is 52.7 Å². The topological polar surface area (TPSA) is 140 Å². The molecule has 4 N–H and O–H groups in total. The van der Waals surface area contributed by atoms with Gasteiger partial charge in [0.15, 0.2) is 0 Å². The fraction of sp³-hybridized carbons (Fsp3) is 0.290. The number of carbonyl (C=O) groups excluding carboxylic acids is 3. The molecule has 1 heterocycles. The average molecular weight is 608 g/mol. The summed E-state index contributed by atoms with van der Waals surface area (Å²) in [6.07, 6.45) is -0.0405. The number of hydrogen-bond donors (Lipinski definition) is 4. The minimum atomic E-state index is -1.05. The summed E-state index contributed by atoms with van der Waals surface area (Å²) in [5.74, 6) is -1.55. The van der Waals surface area contributed by atoms with Gasteiger partial charge in [0.05, 0.1) is 30.9 Å². The van der Waals surface area contributed by atoms with E-state index in [2.05, 4.69) is 16.0 Å². The molecule has 0 radical (unpaired) electrons. The van der Waals surface area contributed by atoms with Crippen LogP contribution in [0.5, 0.6) is 0 Å². The zero-order chi connectivity index (χ0) is 30.9. The smallest absolute Gasteiger partial charge is 0.409 e. The van der Waals surface area contributed by atoms with Crippen molar-refractivity contribution < 1.29 is 29.0 Å². The van der Waals surface area contributed by atoms with E-state index in [4.69, 9.17) is 16.3 Å². The first-order valence-electron chi connectivity index (χ1n) is 13.8. The van der Waals surface area contributed by atoms with Crippen LogP contribution >= 0.6 is 11.6 Å². The monoisotopic (exact) mass is 607 g/mol. The Kier molecular flexibility index (Phi) is 10.4. The molecule has 12 heteroatoms. The number of anilines is 3. The predicted molar refractivity (Wildman–Crippen MR) is 165 cm³/mol. The van der Waals surface area contributed by atoms with Gasteiger partial charge >= 0.3 is 18.1 Å². The summed E-state index contributed by atoms with van der Waals surface area (Å²) in [6, 6.07) is 17.6. The number of aliphatic carboxylic acids is 1. The largest absolute Gasteiger partial charge is 0.481 e. The number of benzene rings is 3. The molecule has 1 saturated heterocycles. The summed E-state index contributed by atoms with van der Waals surface area (Å²) in [7, 11) is 1.34. The number of halogens is 1. The molecule has 0 saturated carbocycles. The van der Waals surface area contributed by atoms with Crippen LogP contribution in [0.15, 0.2) is 66.7 Å². The van der Waals surface area contributed by atoms with Crippen molar-refractivity contribution in [3.05, 3.63) is 88.4 Å². The van der Waals surface area contributed by atoms with Crippen LogP contribution in [0.3, 0.4) is 0 Å². The van der Waals surface area contributed by atoms with Gasteiger partial charge in [0, 0.05) is 42.5 Å². The Bertz CT molecular complexity index is 1480. The van der Waals surface area contributed by atoms with Gasteiger partial charge in [0.2, 0.25) is 0 Å². The Labute approximate surface area is 254 Å². The standard InChI is InChI=1S/C31H34ClN5O6/c1-20-7-9-21(10-8-20)25(19-28(38)39)34-29(40)22-11-12-27(36-13-4-14-37(16-15-36)31(42)43-2)26(17-22)35-30(41)33-24-6-3-5-23(32)18-24/h3,5-12,17-18,25H,4,13-16,19H2,1-2H3,(H,34,40)(H,38,39)(H2,33,35,41). The number of aryl methyl sites for hydroxylation is 1. The number of rotatable bonds is 8. The van der Waals surface area contributed by atoms with E-state index in [1.165, 1.54) is 7.11 Å². The molecule has 0 aromatic heterocycles. The first-order valence-corrected chi connectivity index (χ1v) is 14.2. The average Bonchev–Trinajstić information content (AvgIpc) is 3.23. The van der Waals surface area contributed by atoms with Gasteiger partial charge in [0.1, 0.15) is 0 Å². The van der Waals surface area contributed by atoms with E-state index in [1.807, 2.05) is 24.0 Å². The van der Waals surface area contributed by atoms with E-state index in [0.717, 1.165) is 5.56 Å². The van der Waals surface area contributed by atoms with Crippen molar-refractivity contribution in [2.75, 3.05) is 48.8 Å². The highest BCUT2D eigenvalue weighted by molar-refractivity contribution is 6.30. The van der Waals surface area contributed by atoms with Gasteiger partial charge in [-0.15, -0.1) is 0 Å². The number of carboxylic acid groups (broad SMARTS) is 1. The lowest BCUT2D eigenvalue weighted by Gasteiger charge is -2.26. The second-order valence-electron chi connectivity index (χ2n) is 10.2. The predicted octanol–water partition coefficient (Wildman–Crippen LogP) is 5.52. The second kappa shape index (κ2) is 14.4. The van der Waals surface area contributed by atoms with E-state index in [-0.39, 0.29) is 12.0 Å². The van der Waals surface area contributed by atoms with Crippen LogP contribution in [0, 0.1) is 6.92 Å². The molecule has 43 heavy (non-hydrogen) atoms. The van der Waals surface area contributed by atoms with Gasteiger partial charge in [-0.25, -0.2) is 9.59 Å². The van der Waals surface area contributed by atoms with Crippen molar-refractivity contribution in [1.82, 2.24) is 10.2 Å². The number of urea groups is 1. The molecule has 0 aliphatic carbocycles. The SMILES string of the molecule is COC(=O)N1CCCN(c2ccc(C(=O)NC(CC(=O)O)c3ccc(C)cc3)cc2NC(=O)Nc2cccc(Cl)c2)CC1. The number of amides is 4. The first kappa shape index (κ1) is 31.2. The normalized spacial score (nSPS) is 13.8. The van der Waals surface area contributed by atoms with Crippen LogP contribution in [-0.2, 0) is 9.53 Å². The van der Waals surface area contributed by atoms with E-state index < -0.39 is 30.0 Å². The summed E-state index contributed by atoms with van der Waals surface area (Å²) >= 11 is 6.06. The molecule has 4 rings (SSSR count). The van der Waals surface area contributed by atoms with Crippen LogP contribution in [-0.4, -0.2) is 67.3 Å². The number of methoxy groups -OCH3 is 1. The van der Waals surface area contributed by atoms with Gasteiger partial charge in [-0.1, -0.05) is 47.5 Å². The summed E-state index contributed by atoms with van der Waals surface area (Å²) in [5.41, 5.74) is 3.41. The second-order valence-corrected chi connectivity index (χ2v) is 10.6. The highest BCUT2D eigenvalue weighted by atomic mass is 35.5. The molecule has 3 aromatic carbocycles. The highest BCUT2D eigenvalue weighted by Crippen LogP contribution is 2.30. The molecule has 1 aliphatic rings. The van der Waals surface area contributed by atoms with E-state index in [0.29, 0.717) is 60.2 Å². The summed E-state index contributed by atoms with van der Waals surface area (Å²) in [6.45, 7) is 3.92. The number of nitrogens with zero attached hydrogens (tertiary/aromatic N) is 2. The van der Waals surface area contributed by atoms with Crippen LogP contribution in [0.1, 0.15) is 40.4 Å². The Morgan fingerprint density at radius 2 is 1.72 bits per heavy atom. The third-order valence-corrected chi connectivity index (χ3v) is 7.26. The van der Waals surface area contributed by atoms with E-state index in [1.54, 1.807) is 59.5 Å². The van der Waals surface area contributed by atoms with Crippen LogP contribution < -0.4 is 20.9 Å². The fourth-order valence-corrected chi connectivity index (χ4v) is 5.03. The van der Waals surface area contributed by atoms with Crippen LogP contribution in [0.2, 0.25) is 5.02 Å². The number of carbonyl (C=O) groups is 4. The van der Waals surface area contributed by atoms with Crippen molar-refractivity contribution in [2.24, 2.45) is 0 Å². The molecule has 226 valence electrons. The van der Waals surface area contributed by atoms with E-state index in [9.17, 15) is 24.3 Å². The Morgan fingerprint density at radius 1 is 0.953 bits per heavy atom. The molecule has 3 aromatic rings. The summed E-state index contributed by atoms with van der Waals surface area (Å²) in [4.78, 5) is 53.8. The molecule has 1 unspecified atom stereocenters. The molecular weight excluding hydrogens is 574 g/mol. The molecular formula is C31H34ClN5O6. The molecule has 1 fully saturated rings. The number of carboxylic acids is 1. The minimum Gasteiger partial charge on any atom is -0.481 e. The first-order chi connectivity index (χ1) is 20.6. The lowest BCUT2D eigenvalue weighted by atomic mass is 10.0. The number of ether oxygens (including phenoxy) is 1. The van der Waals surface area contributed by atoms with Gasteiger partial charge < -0.3 is 35.6 Å².